The van der Waals surface area contributed by atoms with Crippen LogP contribution in [0.3, 0.4) is 0 Å². The predicted molar refractivity (Wildman–Crippen MR) is 72.7 cm³/mol. The van der Waals surface area contributed by atoms with Gasteiger partial charge >= 0.3 is 6.18 Å². The minimum absolute atomic E-state index is 0.289. The Morgan fingerprint density at radius 1 is 1.15 bits per heavy atom. The highest BCUT2D eigenvalue weighted by Crippen LogP contribution is 2.30. The van der Waals surface area contributed by atoms with Gasteiger partial charge in [0.15, 0.2) is 0 Å². The van der Waals surface area contributed by atoms with Crippen molar-refractivity contribution in [3.63, 3.8) is 0 Å². The van der Waals surface area contributed by atoms with Crippen molar-refractivity contribution in [3.8, 4) is 5.75 Å². The summed E-state index contributed by atoms with van der Waals surface area (Å²) in [6, 6.07) is 4.69. The van der Waals surface area contributed by atoms with E-state index in [1.807, 2.05) is 25.8 Å². The molecule has 0 fully saturated rings. The van der Waals surface area contributed by atoms with Gasteiger partial charge in [-0.05, 0) is 45.2 Å². The van der Waals surface area contributed by atoms with Gasteiger partial charge in [-0.25, -0.2) is 0 Å². The Morgan fingerprint density at radius 2 is 1.70 bits per heavy atom. The molecule has 3 nitrogen and oxygen atoms in total. The van der Waals surface area contributed by atoms with Crippen molar-refractivity contribution in [2.75, 3.05) is 26.7 Å². The van der Waals surface area contributed by atoms with E-state index < -0.39 is 11.7 Å². The van der Waals surface area contributed by atoms with Crippen LogP contribution >= 0.6 is 0 Å². The van der Waals surface area contributed by atoms with Crippen molar-refractivity contribution in [1.82, 2.24) is 4.90 Å². The van der Waals surface area contributed by atoms with Gasteiger partial charge in [0.25, 0.3) is 0 Å². The van der Waals surface area contributed by atoms with Crippen molar-refractivity contribution in [2.45, 2.75) is 25.6 Å². The Bertz CT molecular complexity index is 410. The molecule has 114 valence electrons. The van der Waals surface area contributed by atoms with Crippen LogP contribution in [0.15, 0.2) is 24.3 Å². The average Bonchev–Trinajstić information content (AvgIpc) is 2.26. The van der Waals surface area contributed by atoms with Gasteiger partial charge in [0.05, 0.1) is 5.56 Å². The van der Waals surface area contributed by atoms with E-state index in [0.717, 1.165) is 12.1 Å². The van der Waals surface area contributed by atoms with Crippen molar-refractivity contribution < 1.29 is 17.9 Å². The Hall–Kier alpha value is -1.27. The molecule has 0 saturated heterocycles. The van der Waals surface area contributed by atoms with Gasteiger partial charge in [-0.1, -0.05) is 0 Å². The summed E-state index contributed by atoms with van der Waals surface area (Å²) in [6.45, 7) is 5.63. The Balaban J connectivity index is 2.39. The second-order valence-electron chi connectivity index (χ2n) is 5.60. The first-order valence-electron chi connectivity index (χ1n) is 6.35. The molecular weight excluding hydrogens is 269 g/mol. The first-order chi connectivity index (χ1) is 9.08. The van der Waals surface area contributed by atoms with E-state index in [1.165, 1.54) is 12.1 Å². The molecule has 0 atom stereocenters. The number of rotatable bonds is 6. The largest absolute Gasteiger partial charge is 0.492 e. The first kappa shape index (κ1) is 16.8. The highest BCUT2D eigenvalue weighted by Gasteiger charge is 2.29. The standard InChI is InChI=1S/C14H21F3N2O/c1-13(2,18)10-19(3)8-9-20-12-6-4-11(5-7-12)14(15,16)17/h4-7H,8-10,18H2,1-3H3. The number of benzene rings is 1. The third kappa shape index (κ3) is 6.25. The van der Waals surface area contributed by atoms with E-state index in [1.54, 1.807) is 0 Å². The summed E-state index contributed by atoms with van der Waals surface area (Å²) >= 11 is 0. The number of hydrogen-bond acceptors (Lipinski definition) is 3. The Labute approximate surface area is 117 Å². The van der Waals surface area contributed by atoms with Crippen molar-refractivity contribution in [3.05, 3.63) is 29.8 Å². The maximum absolute atomic E-state index is 12.4. The van der Waals surface area contributed by atoms with Crippen LogP contribution in [0.2, 0.25) is 0 Å². The molecule has 0 spiro atoms. The highest BCUT2D eigenvalue weighted by atomic mass is 19.4. The zero-order chi connectivity index (χ0) is 15.4. The van der Waals surface area contributed by atoms with E-state index >= 15 is 0 Å². The molecule has 1 aromatic rings. The molecule has 0 aliphatic rings. The molecule has 0 amide bonds. The van der Waals surface area contributed by atoms with Crippen LogP contribution in [0.1, 0.15) is 19.4 Å². The third-order valence-corrected chi connectivity index (χ3v) is 2.60. The van der Waals surface area contributed by atoms with E-state index in [0.29, 0.717) is 25.4 Å². The minimum Gasteiger partial charge on any atom is -0.492 e. The molecule has 0 aliphatic carbocycles. The Kier molecular flexibility index (Phi) is 5.42. The van der Waals surface area contributed by atoms with E-state index in [4.69, 9.17) is 10.5 Å². The normalized spacial score (nSPS) is 12.8. The fourth-order valence-corrected chi connectivity index (χ4v) is 1.83. The van der Waals surface area contributed by atoms with Gasteiger partial charge in [0.2, 0.25) is 0 Å². The molecule has 0 bridgehead atoms. The molecule has 0 radical (unpaired) electrons. The quantitative estimate of drug-likeness (QED) is 0.875. The lowest BCUT2D eigenvalue weighted by Crippen LogP contribution is -2.44. The number of nitrogens with zero attached hydrogens (tertiary/aromatic N) is 1. The van der Waals surface area contributed by atoms with Crippen molar-refractivity contribution >= 4 is 0 Å². The average molecular weight is 290 g/mol. The van der Waals surface area contributed by atoms with Crippen LogP contribution in [0.5, 0.6) is 5.75 Å². The summed E-state index contributed by atoms with van der Waals surface area (Å²) in [5, 5.41) is 0. The molecule has 1 aromatic carbocycles. The SMILES string of the molecule is CN(CCOc1ccc(C(F)(F)F)cc1)CC(C)(C)N. The summed E-state index contributed by atoms with van der Waals surface area (Å²) in [4.78, 5) is 2.02. The summed E-state index contributed by atoms with van der Waals surface area (Å²) in [5.74, 6) is 0.429. The van der Waals surface area contributed by atoms with Gasteiger partial charge in [-0.3, -0.25) is 0 Å². The number of alkyl halides is 3. The number of nitrogens with two attached hydrogens (primary N) is 1. The van der Waals surface area contributed by atoms with Crippen LogP contribution < -0.4 is 10.5 Å². The zero-order valence-electron chi connectivity index (χ0n) is 12.0. The molecule has 2 N–H and O–H groups in total. The van der Waals surface area contributed by atoms with Gasteiger partial charge in [0.1, 0.15) is 12.4 Å². The van der Waals surface area contributed by atoms with Crippen LogP contribution in [0, 0.1) is 0 Å². The molecule has 0 unspecified atom stereocenters. The van der Waals surface area contributed by atoms with Gasteiger partial charge in [-0.15, -0.1) is 0 Å². The van der Waals surface area contributed by atoms with Crippen molar-refractivity contribution in [1.29, 1.82) is 0 Å². The van der Waals surface area contributed by atoms with E-state index in [9.17, 15) is 13.2 Å². The molecule has 1 rings (SSSR count). The van der Waals surface area contributed by atoms with Gasteiger partial charge in [0, 0.05) is 18.6 Å². The number of hydrogen-bond donors (Lipinski definition) is 1. The number of halogens is 3. The van der Waals surface area contributed by atoms with E-state index in [-0.39, 0.29) is 5.54 Å². The smallest absolute Gasteiger partial charge is 0.416 e. The van der Waals surface area contributed by atoms with Crippen LogP contribution in [-0.4, -0.2) is 37.2 Å². The second-order valence-corrected chi connectivity index (χ2v) is 5.60. The second kappa shape index (κ2) is 6.45. The van der Waals surface area contributed by atoms with Gasteiger partial charge < -0.3 is 15.4 Å². The maximum atomic E-state index is 12.4. The molecular formula is C14H21F3N2O. The fourth-order valence-electron chi connectivity index (χ4n) is 1.83. The maximum Gasteiger partial charge on any atom is 0.416 e. The summed E-state index contributed by atoms with van der Waals surface area (Å²) < 4.78 is 42.5. The molecule has 0 aromatic heterocycles. The lowest BCUT2D eigenvalue weighted by atomic mass is 10.1. The highest BCUT2D eigenvalue weighted by molar-refractivity contribution is 5.28. The first-order valence-corrected chi connectivity index (χ1v) is 6.35. The van der Waals surface area contributed by atoms with Crippen LogP contribution in [-0.2, 0) is 6.18 Å². The van der Waals surface area contributed by atoms with Crippen LogP contribution in [0.4, 0.5) is 13.2 Å². The number of ether oxygens (including phenoxy) is 1. The summed E-state index contributed by atoms with van der Waals surface area (Å²) in [5.41, 5.74) is 4.92. The third-order valence-electron chi connectivity index (χ3n) is 2.60. The number of likely N-dealkylation sites (N-methyl/N-ethyl adjacent to an activating group) is 1. The predicted octanol–water partition coefficient (Wildman–Crippen LogP) is 2.75. The fraction of sp³-hybridized carbons (Fsp3) is 0.571. The van der Waals surface area contributed by atoms with Crippen LogP contribution in [0.25, 0.3) is 0 Å². The molecule has 0 saturated carbocycles. The molecule has 20 heavy (non-hydrogen) atoms. The molecule has 0 heterocycles. The summed E-state index contributed by atoms with van der Waals surface area (Å²) in [6.07, 6.45) is -4.31. The molecule has 6 heteroatoms. The van der Waals surface area contributed by atoms with Crippen molar-refractivity contribution in [2.24, 2.45) is 5.73 Å². The zero-order valence-corrected chi connectivity index (χ0v) is 12.0. The van der Waals surface area contributed by atoms with E-state index in [2.05, 4.69) is 0 Å². The van der Waals surface area contributed by atoms with Gasteiger partial charge in [-0.2, -0.15) is 13.2 Å². The Morgan fingerprint density at radius 3 is 2.15 bits per heavy atom. The topological polar surface area (TPSA) is 38.5 Å². The molecule has 0 aliphatic heterocycles. The lowest BCUT2D eigenvalue weighted by Gasteiger charge is -2.26. The lowest BCUT2D eigenvalue weighted by molar-refractivity contribution is -0.137. The monoisotopic (exact) mass is 290 g/mol. The minimum atomic E-state index is -4.31. The summed E-state index contributed by atoms with van der Waals surface area (Å²) in [7, 11) is 1.92.